The van der Waals surface area contributed by atoms with Crippen molar-refractivity contribution in [2.45, 2.75) is 49.9 Å². The van der Waals surface area contributed by atoms with Crippen LogP contribution in [0.1, 0.15) is 54.3 Å². The van der Waals surface area contributed by atoms with E-state index in [1.165, 1.54) is 6.07 Å². The number of fused-ring (bicyclic) bond motifs is 3. The number of ether oxygens (including phenoxy) is 1. The lowest BCUT2D eigenvalue weighted by Gasteiger charge is -2.43. The van der Waals surface area contributed by atoms with Crippen LogP contribution in [0.2, 0.25) is 0 Å². The SMILES string of the molecule is N#CC[C@H]1CC[C@@H]2[C@H](CCO1)c1cc(C(F)(F)F)ccc1N[C@H]2c1ccccc1. The molecule has 0 amide bonds. The summed E-state index contributed by atoms with van der Waals surface area (Å²) in [5, 5.41) is 12.5. The molecule has 152 valence electrons. The predicted molar refractivity (Wildman–Crippen MR) is 104 cm³/mol. The van der Waals surface area contributed by atoms with E-state index in [4.69, 9.17) is 10.00 Å². The second kappa shape index (κ2) is 8.08. The number of halogens is 3. The molecule has 0 aliphatic carbocycles. The molecule has 0 spiro atoms. The minimum absolute atomic E-state index is 0.0197. The first kappa shape index (κ1) is 19.8. The molecule has 2 aromatic carbocycles. The van der Waals surface area contributed by atoms with Crippen molar-refractivity contribution in [3.63, 3.8) is 0 Å². The highest BCUT2D eigenvalue weighted by Crippen LogP contribution is 2.50. The standard InChI is InChI=1S/C23H23F3N2O/c24-23(25,26)16-6-9-21-20(14-16)18-11-13-29-17(10-12-27)7-8-19(18)22(28-21)15-4-2-1-3-5-15/h1-6,9,14,17-19,22,28H,7-8,10-11,13H2/t17-,18+,19-,22+/m1/s1. The third kappa shape index (κ3) is 4.11. The number of nitrogens with one attached hydrogen (secondary N) is 1. The van der Waals surface area contributed by atoms with Crippen molar-refractivity contribution in [3.8, 4) is 6.07 Å². The lowest BCUT2D eigenvalue weighted by atomic mass is 9.71. The fourth-order valence-electron chi connectivity index (χ4n) is 4.73. The fourth-order valence-corrected chi connectivity index (χ4v) is 4.73. The minimum atomic E-state index is -4.36. The van der Waals surface area contributed by atoms with E-state index in [9.17, 15) is 13.2 Å². The molecule has 4 atom stereocenters. The Balaban J connectivity index is 1.74. The molecule has 1 fully saturated rings. The van der Waals surface area contributed by atoms with Crippen LogP contribution in [0.25, 0.3) is 0 Å². The number of nitrogens with zero attached hydrogens (tertiary/aromatic N) is 1. The van der Waals surface area contributed by atoms with Crippen molar-refractivity contribution in [1.82, 2.24) is 0 Å². The van der Waals surface area contributed by atoms with E-state index in [0.29, 0.717) is 19.4 Å². The zero-order valence-electron chi connectivity index (χ0n) is 16.0. The molecule has 6 heteroatoms. The largest absolute Gasteiger partial charge is 0.416 e. The van der Waals surface area contributed by atoms with E-state index in [1.807, 2.05) is 18.2 Å². The number of rotatable bonds is 2. The summed E-state index contributed by atoms with van der Waals surface area (Å²) in [5.41, 5.74) is 2.01. The van der Waals surface area contributed by atoms with Crippen LogP contribution in [0.15, 0.2) is 48.5 Å². The molecular weight excluding hydrogens is 377 g/mol. The molecule has 0 unspecified atom stereocenters. The van der Waals surface area contributed by atoms with Gasteiger partial charge in [-0.2, -0.15) is 18.4 Å². The third-order valence-electron chi connectivity index (χ3n) is 6.12. The molecule has 2 heterocycles. The molecule has 3 nitrogen and oxygen atoms in total. The van der Waals surface area contributed by atoms with Crippen molar-refractivity contribution in [1.29, 1.82) is 5.26 Å². The molecule has 2 aliphatic heterocycles. The maximum Gasteiger partial charge on any atom is 0.416 e. The number of anilines is 1. The fraction of sp³-hybridized carbons (Fsp3) is 0.435. The highest BCUT2D eigenvalue weighted by molar-refractivity contribution is 5.59. The Hall–Kier alpha value is -2.52. The average molecular weight is 400 g/mol. The molecule has 0 bridgehead atoms. The Bertz CT molecular complexity index is 891. The van der Waals surface area contributed by atoms with Crippen LogP contribution in [-0.2, 0) is 10.9 Å². The van der Waals surface area contributed by atoms with Gasteiger partial charge in [-0.15, -0.1) is 0 Å². The van der Waals surface area contributed by atoms with Crippen LogP contribution in [0.5, 0.6) is 0 Å². The van der Waals surface area contributed by atoms with Crippen LogP contribution in [0.4, 0.5) is 18.9 Å². The van der Waals surface area contributed by atoms with Gasteiger partial charge in [-0.05, 0) is 60.4 Å². The van der Waals surface area contributed by atoms with Crippen LogP contribution < -0.4 is 5.32 Å². The van der Waals surface area contributed by atoms with Gasteiger partial charge in [0.2, 0.25) is 0 Å². The second-order valence-corrected chi connectivity index (χ2v) is 7.82. The van der Waals surface area contributed by atoms with Crippen LogP contribution in [-0.4, -0.2) is 12.7 Å². The summed E-state index contributed by atoms with van der Waals surface area (Å²) in [4.78, 5) is 0. The maximum atomic E-state index is 13.3. The summed E-state index contributed by atoms with van der Waals surface area (Å²) in [5.74, 6) is 0.111. The molecule has 4 rings (SSSR count). The van der Waals surface area contributed by atoms with Gasteiger partial charge in [0, 0.05) is 12.3 Å². The van der Waals surface area contributed by atoms with Gasteiger partial charge in [-0.25, -0.2) is 0 Å². The molecule has 2 aliphatic rings. The zero-order valence-corrected chi connectivity index (χ0v) is 16.0. The third-order valence-corrected chi connectivity index (χ3v) is 6.12. The highest BCUT2D eigenvalue weighted by Gasteiger charge is 2.40. The number of hydrogen-bond acceptors (Lipinski definition) is 3. The van der Waals surface area contributed by atoms with Gasteiger partial charge in [0.25, 0.3) is 0 Å². The number of benzene rings is 2. The number of hydrogen-bond donors (Lipinski definition) is 1. The summed E-state index contributed by atoms with van der Waals surface area (Å²) in [6.07, 6.45) is -1.97. The molecule has 0 radical (unpaired) electrons. The smallest absolute Gasteiger partial charge is 0.378 e. The number of nitriles is 1. The van der Waals surface area contributed by atoms with Crippen molar-refractivity contribution in [3.05, 3.63) is 65.2 Å². The first-order chi connectivity index (χ1) is 14.0. The van der Waals surface area contributed by atoms with Gasteiger partial charge >= 0.3 is 6.18 Å². The van der Waals surface area contributed by atoms with Gasteiger partial charge in [0.15, 0.2) is 0 Å². The minimum Gasteiger partial charge on any atom is -0.378 e. The van der Waals surface area contributed by atoms with Gasteiger partial charge in [0.1, 0.15) is 0 Å². The lowest BCUT2D eigenvalue weighted by molar-refractivity contribution is -0.137. The average Bonchev–Trinajstić information content (AvgIpc) is 2.69. The molecule has 2 aromatic rings. The Kier molecular flexibility index (Phi) is 5.51. The van der Waals surface area contributed by atoms with Crippen LogP contribution >= 0.6 is 0 Å². The van der Waals surface area contributed by atoms with E-state index in [0.717, 1.165) is 35.7 Å². The zero-order chi connectivity index (χ0) is 20.4. The molecule has 29 heavy (non-hydrogen) atoms. The van der Waals surface area contributed by atoms with E-state index in [1.54, 1.807) is 6.07 Å². The monoisotopic (exact) mass is 400 g/mol. The molecule has 1 saturated heterocycles. The highest BCUT2D eigenvalue weighted by atomic mass is 19.4. The first-order valence-electron chi connectivity index (χ1n) is 9.98. The predicted octanol–water partition coefficient (Wildman–Crippen LogP) is 6.05. The first-order valence-corrected chi connectivity index (χ1v) is 9.98. The van der Waals surface area contributed by atoms with Crippen molar-refractivity contribution < 1.29 is 17.9 Å². The topological polar surface area (TPSA) is 45.0 Å². The summed E-state index contributed by atoms with van der Waals surface area (Å²) >= 11 is 0. The van der Waals surface area contributed by atoms with Gasteiger partial charge < -0.3 is 10.1 Å². The van der Waals surface area contributed by atoms with Crippen molar-refractivity contribution >= 4 is 5.69 Å². The molecular formula is C23H23F3N2O. The molecule has 0 aromatic heterocycles. The lowest BCUT2D eigenvalue weighted by Crippen LogP contribution is -2.35. The second-order valence-electron chi connectivity index (χ2n) is 7.82. The van der Waals surface area contributed by atoms with E-state index < -0.39 is 11.7 Å². The van der Waals surface area contributed by atoms with Gasteiger partial charge in [-0.1, -0.05) is 30.3 Å². The summed E-state index contributed by atoms with van der Waals surface area (Å²) in [7, 11) is 0. The Labute approximate surface area is 168 Å². The Morgan fingerprint density at radius 3 is 2.59 bits per heavy atom. The van der Waals surface area contributed by atoms with Crippen LogP contribution in [0.3, 0.4) is 0 Å². The molecule has 0 saturated carbocycles. The Morgan fingerprint density at radius 1 is 1.07 bits per heavy atom. The van der Waals surface area contributed by atoms with Crippen molar-refractivity contribution in [2.75, 3.05) is 11.9 Å². The van der Waals surface area contributed by atoms with Gasteiger partial charge in [-0.3, -0.25) is 0 Å². The maximum absolute atomic E-state index is 13.3. The van der Waals surface area contributed by atoms with E-state index >= 15 is 0 Å². The number of alkyl halides is 3. The van der Waals surface area contributed by atoms with E-state index in [-0.39, 0.29) is 24.0 Å². The Morgan fingerprint density at radius 2 is 1.86 bits per heavy atom. The summed E-state index contributed by atoms with van der Waals surface area (Å²) < 4.78 is 45.8. The van der Waals surface area contributed by atoms with Crippen molar-refractivity contribution in [2.24, 2.45) is 5.92 Å². The summed E-state index contributed by atoms with van der Waals surface area (Å²) in [6.45, 7) is 0.449. The molecule has 1 N–H and O–H groups in total. The van der Waals surface area contributed by atoms with Gasteiger partial charge in [0.05, 0.1) is 30.2 Å². The summed E-state index contributed by atoms with van der Waals surface area (Å²) in [6, 6.07) is 16.3. The normalized spacial score (nSPS) is 26.8. The van der Waals surface area contributed by atoms with E-state index in [2.05, 4.69) is 23.5 Å². The van der Waals surface area contributed by atoms with Crippen LogP contribution in [0, 0.1) is 17.2 Å². The quantitative estimate of drug-likeness (QED) is 0.667.